The van der Waals surface area contributed by atoms with Crippen LogP contribution in [0.15, 0.2) is 46.9 Å². The molecule has 0 aliphatic carbocycles. The summed E-state index contributed by atoms with van der Waals surface area (Å²) < 4.78 is 34.4. The lowest BCUT2D eigenvalue weighted by Crippen LogP contribution is -2.31. The fourth-order valence-electron chi connectivity index (χ4n) is 3.34. The van der Waals surface area contributed by atoms with Gasteiger partial charge in [0.1, 0.15) is 10.8 Å². The van der Waals surface area contributed by atoms with Crippen LogP contribution in [0, 0.1) is 5.92 Å². The number of halogens is 1. The van der Waals surface area contributed by atoms with Gasteiger partial charge in [-0.15, -0.1) is 11.3 Å². The van der Waals surface area contributed by atoms with Crippen molar-refractivity contribution in [2.24, 2.45) is 5.92 Å². The van der Waals surface area contributed by atoms with Crippen LogP contribution in [0.3, 0.4) is 0 Å². The second kappa shape index (κ2) is 10.7. The van der Waals surface area contributed by atoms with Crippen LogP contribution in [0.5, 0.6) is 0 Å². The van der Waals surface area contributed by atoms with Crippen LogP contribution < -0.4 is 4.72 Å². The van der Waals surface area contributed by atoms with Gasteiger partial charge < -0.3 is 14.4 Å². The Morgan fingerprint density at radius 3 is 2.55 bits per heavy atom. The van der Waals surface area contributed by atoms with Crippen LogP contribution in [-0.4, -0.2) is 42.4 Å². The smallest absolute Gasteiger partial charge is 0.421 e. The zero-order valence-electron chi connectivity index (χ0n) is 18.5. The van der Waals surface area contributed by atoms with Gasteiger partial charge in [0.05, 0.1) is 12.6 Å². The number of carbonyl (C=O) groups is 1. The number of hydrogen-bond donors (Lipinski definition) is 2. The number of imidazole rings is 1. The number of nitrogens with zero attached hydrogens (tertiary/aromatic N) is 2. The monoisotopic (exact) mass is 511 g/mol. The van der Waals surface area contributed by atoms with Gasteiger partial charge >= 0.3 is 6.09 Å². The number of rotatable bonds is 9. The van der Waals surface area contributed by atoms with Crippen LogP contribution in [0.4, 0.5) is 4.79 Å². The van der Waals surface area contributed by atoms with Gasteiger partial charge in [0.15, 0.2) is 0 Å². The average molecular weight is 512 g/mol. The van der Waals surface area contributed by atoms with Gasteiger partial charge in [0, 0.05) is 22.8 Å². The van der Waals surface area contributed by atoms with E-state index in [-0.39, 0.29) is 16.9 Å². The van der Waals surface area contributed by atoms with Crippen LogP contribution >= 0.6 is 22.9 Å². The maximum atomic E-state index is 13.0. The molecule has 178 valence electrons. The van der Waals surface area contributed by atoms with E-state index in [0.29, 0.717) is 28.7 Å². The van der Waals surface area contributed by atoms with Gasteiger partial charge in [-0.1, -0.05) is 38.1 Å². The number of thiophene rings is 1. The molecule has 0 spiro atoms. The molecule has 1 atom stereocenters. The third-order valence-corrected chi connectivity index (χ3v) is 8.18. The third kappa shape index (κ3) is 6.14. The molecule has 3 aromatic rings. The van der Waals surface area contributed by atoms with Gasteiger partial charge in [-0.25, -0.2) is 22.9 Å². The molecule has 2 aromatic heterocycles. The maximum absolute atomic E-state index is 13.0. The summed E-state index contributed by atoms with van der Waals surface area (Å²) in [5.41, 5.74) is 2.20. The lowest BCUT2D eigenvalue weighted by atomic mass is 10.0. The third-order valence-electron chi connectivity index (χ3n) is 4.89. The molecule has 1 amide bonds. The minimum absolute atomic E-state index is 0.0394. The number of nitrogens with one attached hydrogen (secondary N) is 1. The maximum Gasteiger partial charge on any atom is 0.421 e. The molecule has 0 bridgehead atoms. The highest BCUT2D eigenvalue weighted by Gasteiger charge is 2.26. The zero-order chi connectivity index (χ0) is 24.2. The highest BCUT2D eigenvalue weighted by molar-refractivity contribution is 7.92. The summed E-state index contributed by atoms with van der Waals surface area (Å²) in [6.45, 7) is 5.40. The molecule has 0 aliphatic heterocycles. The normalized spacial score (nSPS) is 12.7. The Hall–Kier alpha value is -2.40. The fourth-order valence-corrected chi connectivity index (χ4v) is 6.44. The first kappa shape index (κ1) is 25.2. The van der Waals surface area contributed by atoms with E-state index < -0.39 is 22.7 Å². The van der Waals surface area contributed by atoms with Crippen molar-refractivity contribution in [2.45, 2.75) is 37.4 Å². The summed E-state index contributed by atoms with van der Waals surface area (Å²) in [7, 11) is -4.17. The molecular formula is C22H26ClN3O5S2. The van der Waals surface area contributed by atoms with E-state index in [2.05, 4.69) is 23.6 Å². The average Bonchev–Trinajstić information content (AvgIpc) is 3.38. The molecule has 2 N–H and O–H groups in total. The second-order valence-corrected chi connectivity index (χ2v) is 11.2. The van der Waals surface area contributed by atoms with Crippen molar-refractivity contribution in [1.82, 2.24) is 14.3 Å². The molecule has 0 saturated carbocycles. The number of hydrogen-bond acceptors (Lipinski definition) is 7. The largest absolute Gasteiger partial charge is 0.446 e. The lowest BCUT2D eigenvalue weighted by Gasteiger charge is -2.15. The molecule has 11 heteroatoms. The van der Waals surface area contributed by atoms with Gasteiger partial charge in [0.25, 0.3) is 10.0 Å². The molecule has 0 saturated heterocycles. The van der Waals surface area contributed by atoms with Crippen molar-refractivity contribution >= 4 is 39.1 Å². The highest BCUT2D eigenvalue weighted by atomic mass is 35.5. The molecule has 0 radical (unpaired) electrons. The number of carbonyl (C=O) groups excluding carboxylic acids is 1. The first-order valence-corrected chi connectivity index (χ1v) is 13.0. The molecule has 0 fully saturated rings. The predicted octanol–water partition coefficient (Wildman–Crippen LogP) is 4.48. The molecule has 3 rings (SSSR count). The number of aromatic nitrogens is 2. The number of aliphatic hydroxyl groups is 1. The summed E-state index contributed by atoms with van der Waals surface area (Å²) in [6, 6.07) is 9.32. The van der Waals surface area contributed by atoms with Gasteiger partial charge in [-0.2, -0.15) is 0 Å². The van der Waals surface area contributed by atoms with E-state index in [4.69, 9.17) is 16.7 Å². The van der Waals surface area contributed by atoms with Gasteiger partial charge in [0.2, 0.25) is 5.28 Å². The first-order valence-electron chi connectivity index (χ1n) is 10.3. The Morgan fingerprint density at radius 1 is 1.27 bits per heavy atom. The Bertz CT molecular complexity index is 1200. The van der Waals surface area contributed by atoms with Crippen molar-refractivity contribution in [3.8, 4) is 11.1 Å². The van der Waals surface area contributed by atoms with E-state index in [0.717, 1.165) is 21.8 Å². The molecular weight excluding hydrogens is 486 g/mol. The van der Waals surface area contributed by atoms with Gasteiger partial charge in [-0.05, 0) is 48.1 Å². The number of sulfonamides is 1. The molecule has 1 aromatic carbocycles. The van der Waals surface area contributed by atoms with E-state index in [9.17, 15) is 13.2 Å². The lowest BCUT2D eigenvalue weighted by molar-refractivity contribution is 0.124. The van der Waals surface area contributed by atoms with Crippen molar-refractivity contribution in [1.29, 1.82) is 0 Å². The summed E-state index contributed by atoms with van der Waals surface area (Å²) >= 11 is 7.26. The topological polar surface area (TPSA) is 111 Å². The number of benzene rings is 1. The standard InChI is InChI=1S/C22H26ClN3O5S2/c1-14(2)12-18-13-19(20(32-18)33(29,30)25-22(28)31-11-10-27)17-6-4-16(5-7-17)15(3)26-9-8-24-21(26)23/h4-9,13-15,27H,10-12H2,1-3H3,(H,25,28). The predicted molar refractivity (Wildman–Crippen MR) is 128 cm³/mol. The minimum Gasteiger partial charge on any atom is -0.446 e. The summed E-state index contributed by atoms with van der Waals surface area (Å²) in [6.07, 6.45) is 3.00. The van der Waals surface area contributed by atoms with Gasteiger partial charge in [-0.3, -0.25) is 0 Å². The molecule has 33 heavy (non-hydrogen) atoms. The number of amides is 1. The number of ether oxygens (including phenoxy) is 1. The van der Waals surface area contributed by atoms with Crippen molar-refractivity contribution in [3.63, 3.8) is 0 Å². The molecule has 0 aliphatic rings. The van der Waals surface area contributed by atoms with Crippen LogP contribution in [0.1, 0.15) is 37.3 Å². The molecule has 1 unspecified atom stereocenters. The summed E-state index contributed by atoms with van der Waals surface area (Å²) in [5, 5.41) is 9.17. The SMILES string of the molecule is CC(C)Cc1cc(-c2ccc(C(C)n3ccnc3Cl)cc2)c(S(=O)(=O)NC(=O)OCCO)s1. The minimum atomic E-state index is -4.17. The van der Waals surface area contributed by atoms with E-state index in [1.165, 1.54) is 0 Å². The van der Waals surface area contributed by atoms with E-state index in [1.54, 1.807) is 12.4 Å². The Kier molecular flexibility index (Phi) is 8.17. The van der Waals surface area contributed by atoms with E-state index >= 15 is 0 Å². The summed E-state index contributed by atoms with van der Waals surface area (Å²) in [4.78, 5) is 16.8. The molecule has 2 heterocycles. The quantitative estimate of drug-likeness (QED) is 0.438. The van der Waals surface area contributed by atoms with Crippen LogP contribution in [0.2, 0.25) is 5.28 Å². The number of aliphatic hydroxyl groups excluding tert-OH is 1. The first-order chi connectivity index (χ1) is 15.6. The zero-order valence-corrected chi connectivity index (χ0v) is 20.9. The fraction of sp³-hybridized carbons (Fsp3) is 0.364. The second-order valence-electron chi connectivity index (χ2n) is 7.88. The van der Waals surface area contributed by atoms with Crippen LogP contribution in [-0.2, 0) is 21.2 Å². The Balaban J connectivity index is 1.95. The van der Waals surface area contributed by atoms with Crippen molar-refractivity contribution < 1.29 is 23.1 Å². The van der Waals surface area contributed by atoms with E-state index in [1.807, 2.05) is 46.5 Å². The Morgan fingerprint density at radius 2 is 1.97 bits per heavy atom. The Labute approximate surface area is 202 Å². The molecule has 8 nitrogen and oxygen atoms in total. The highest BCUT2D eigenvalue weighted by Crippen LogP contribution is 2.37. The van der Waals surface area contributed by atoms with Crippen molar-refractivity contribution in [3.05, 3.63) is 58.4 Å². The van der Waals surface area contributed by atoms with Crippen LogP contribution in [0.25, 0.3) is 11.1 Å². The van der Waals surface area contributed by atoms with Crippen molar-refractivity contribution in [2.75, 3.05) is 13.2 Å². The summed E-state index contributed by atoms with van der Waals surface area (Å²) in [5.74, 6) is 0.331.